The number of hydrogen-bond acceptors (Lipinski definition) is 2. The van der Waals surface area contributed by atoms with Gasteiger partial charge in [-0.25, -0.2) is 0 Å². The van der Waals surface area contributed by atoms with E-state index in [2.05, 4.69) is 19.1 Å². The maximum atomic E-state index is 10.5. The van der Waals surface area contributed by atoms with E-state index in [0.717, 1.165) is 23.3 Å². The Hall–Kier alpha value is -1.80. The van der Waals surface area contributed by atoms with Crippen LogP contribution < -0.4 is 4.74 Å². The Kier molecular flexibility index (Phi) is 4.80. The van der Waals surface area contributed by atoms with Gasteiger partial charge in [-0.15, -0.1) is 0 Å². The molecule has 0 aliphatic rings. The van der Waals surface area contributed by atoms with Crippen LogP contribution in [0.25, 0.3) is 0 Å². The van der Waals surface area contributed by atoms with Crippen LogP contribution in [-0.4, -0.2) is 12.2 Å². The minimum atomic E-state index is -0.448. The lowest BCUT2D eigenvalue weighted by atomic mass is 9.91. The van der Waals surface area contributed by atoms with Crippen molar-refractivity contribution in [3.63, 3.8) is 0 Å². The highest BCUT2D eigenvalue weighted by Crippen LogP contribution is 2.30. The summed E-state index contributed by atoms with van der Waals surface area (Å²) in [6.07, 6.45) is 0.271. The van der Waals surface area contributed by atoms with Crippen LogP contribution in [0.2, 0.25) is 0 Å². The molecule has 0 radical (unpaired) electrons. The molecule has 2 atom stereocenters. The Morgan fingerprint density at radius 1 is 1.10 bits per heavy atom. The molecule has 0 fully saturated rings. The minimum absolute atomic E-state index is 0.327. The summed E-state index contributed by atoms with van der Waals surface area (Å²) in [5.74, 6) is 1.15. The van der Waals surface area contributed by atoms with Crippen molar-refractivity contribution in [3.05, 3.63) is 65.2 Å². The second kappa shape index (κ2) is 6.58. The van der Waals surface area contributed by atoms with E-state index in [9.17, 15) is 5.11 Å². The predicted molar refractivity (Wildman–Crippen MR) is 82.2 cm³/mol. The Labute approximate surface area is 121 Å². The molecule has 0 saturated carbocycles. The maximum absolute atomic E-state index is 10.5. The fourth-order valence-corrected chi connectivity index (χ4v) is 2.53. The van der Waals surface area contributed by atoms with Gasteiger partial charge in [0.05, 0.1) is 13.2 Å². The molecule has 106 valence electrons. The fraction of sp³-hybridized carbons (Fsp3) is 0.333. The summed E-state index contributed by atoms with van der Waals surface area (Å²) in [5, 5.41) is 10.5. The average Bonchev–Trinajstić information content (AvgIpc) is 2.47. The Bertz CT molecular complexity index is 549. The number of aliphatic hydroxyl groups is 1. The van der Waals surface area contributed by atoms with Gasteiger partial charge in [0, 0.05) is 0 Å². The Morgan fingerprint density at radius 3 is 2.40 bits per heavy atom. The van der Waals surface area contributed by atoms with Crippen molar-refractivity contribution in [2.24, 2.45) is 0 Å². The topological polar surface area (TPSA) is 29.5 Å². The smallest absolute Gasteiger partial charge is 0.119 e. The number of hydrogen-bond donors (Lipinski definition) is 1. The largest absolute Gasteiger partial charge is 0.497 e. The first-order chi connectivity index (χ1) is 9.61. The molecule has 0 amide bonds. The zero-order valence-corrected chi connectivity index (χ0v) is 12.3. The van der Waals surface area contributed by atoms with Crippen molar-refractivity contribution in [3.8, 4) is 5.75 Å². The van der Waals surface area contributed by atoms with Gasteiger partial charge >= 0.3 is 0 Å². The lowest BCUT2D eigenvalue weighted by molar-refractivity contribution is 0.159. The zero-order chi connectivity index (χ0) is 14.5. The van der Waals surface area contributed by atoms with Gasteiger partial charge in [-0.2, -0.15) is 0 Å². The number of rotatable bonds is 5. The maximum Gasteiger partial charge on any atom is 0.119 e. The summed E-state index contributed by atoms with van der Waals surface area (Å²) in [5.41, 5.74) is 3.31. The molecule has 0 aliphatic carbocycles. The fourth-order valence-electron chi connectivity index (χ4n) is 2.53. The van der Waals surface area contributed by atoms with Crippen molar-refractivity contribution in [1.82, 2.24) is 0 Å². The quantitative estimate of drug-likeness (QED) is 0.881. The molecule has 0 bridgehead atoms. The van der Waals surface area contributed by atoms with Crippen LogP contribution in [0.15, 0.2) is 48.5 Å². The van der Waals surface area contributed by atoms with Gasteiger partial charge in [0.1, 0.15) is 5.75 Å². The van der Waals surface area contributed by atoms with Crippen molar-refractivity contribution in [2.45, 2.75) is 32.3 Å². The highest BCUT2D eigenvalue weighted by Gasteiger charge is 2.16. The van der Waals surface area contributed by atoms with Crippen LogP contribution in [0.5, 0.6) is 5.75 Å². The third-order valence-corrected chi connectivity index (χ3v) is 3.78. The molecule has 2 heteroatoms. The van der Waals surface area contributed by atoms with Gasteiger partial charge in [-0.1, -0.05) is 43.3 Å². The highest BCUT2D eigenvalue weighted by molar-refractivity contribution is 5.36. The molecule has 0 aliphatic heterocycles. The third-order valence-electron chi connectivity index (χ3n) is 3.78. The lowest BCUT2D eigenvalue weighted by Crippen LogP contribution is -2.05. The van der Waals surface area contributed by atoms with Gasteiger partial charge in [0.15, 0.2) is 0 Å². The summed E-state index contributed by atoms with van der Waals surface area (Å²) in [4.78, 5) is 0. The Balaban J connectivity index is 2.10. The first-order valence-electron chi connectivity index (χ1n) is 6.99. The van der Waals surface area contributed by atoms with Gasteiger partial charge in [0.2, 0.25) is 0 Å². The number of aryl methyl sites for hydroxylation is 1. The predicted octanol–water partition coefficient (Wildman–Crippen LogP) is 4.23. The van der Waals surface area contributed by atoms with Crippen molar-refractivity contribution in [2.75, 3.05) is 7.11 Å². The van der Waals surface area contributed by atoms with E-state index in [4.69, 9.17) is 4.74 Å². The van der Waals surface area contributed by atoms with Crippen LogP contribution in [0.4, 0.5) is 0 Å². The van der Waals surface area contributed by atoms with Crippen LogP contribution in [0, 0.1) is 6.92 Å². The van der Waals surface area contributed by atoms with Gasteiger partial charge < -0.3 is 9.84 Å². The molecule has 2 rings (SSSR count). The monoisotopic (exact) mass is 270 g/mol. The third kappa shape index (κ3) is 3.40. The summed E-state index contributed by atoms with van der Waals surface area (Å²) >= 11 is 0. The van der Waals surface area contributed by atoms with Crippen LogP contribution in [-0.2, 0) is 0 Å². The molecule has 2 aromatic carbocycles. The lowest BCUT2D eigenvalue weighted by Gasteiger charge is -2.19. The first-order valence-corrected chi connectivity index (χ1v) is 6.99. The summed E-state index contributed by atoms with van der Waals surface area (Å²) in [7, 11) is 1.66. The second-order valence-electron chi connectivity index (χ2n) is 5.29. The number of ether oxygens (including phenoxy) is 1. The number of aliphatic hydroxyl groups excluding tert-OH is 1. The van der Waals surface area contributed by atoms with Gasteiger partial charge in [0.25, 0.3) is 0 Å². The molecule has 2 nitrogen and oxygen atoms in total. The highest BCUT2D eigenvalue weighted by atomic mass is 16.5. The minimum Gasteiger partial charge on any atom is -0.497 e. The van der Waals surface area contributed by atoms with E-state index in [0.29, 0.717) is 5.92 Å². The normalized spacial score (nSPS) is 13.8. The molecule has 0 aromatic heterocycles. The van der Waals surface area contributed by atoms with E-state index >= 15 is 0 Å². The molecule has 20 heavy (non-hydrogen) atoms. The average molecular weight is 270 g/mol. The van der Waals surface area contributed by atoms with Crippen LogP contribution in [0.1, 0.15) is 42.1 Å². The van der Waals surface area contributed by atoms with Crippen molar-refractivity contribution >= 4 is 0 Å². The number of methoxy groups -OCH3 is 1. The molecule has 2 unspecified atom stereocenters. The first kappa shape index (κ1) is 14.6. The SMILES string of the molecule is COc1ccc(C(O)CC(C)c2ccccc2)c(C)c1. The van der Waals surface area contributed by atoms with Crippen LogP contribution >= 0.6 is 0 Å². The molecule has 0 spiro atoms. The van der Waals surface area contributed by atoms with E-state index < -0.39 is 6.10 Å². The van der Waals surface area contributed by atoms with Crippen LogP contribution in [0.3, 0.4) is 0 Å². The summed E-state index contributed by atoms with van der Waals surface area (Å²) in [6.45, 7) is 4.16. The van der Waals surface area contributed by atoms with E-state index in [-0.39, 0.29) is 0 Å². The number of benzene rings is 2. The van der Waals surface area contributed by atoms with E-state index in [1.165, 1.54) is 5.56 Å². The molecular formula is C18H22O2. The standard InChI is InChI=1S/C18H22O2/c1-13(15-7-5-4-6-8-15)12-18(19)17-10-9-16(20-3)11-14(17)2/h4-11,13,18-19H,12H2,1-3H3. The molecule has 2 aromatic rings. The van der Waals surface area contributed by atoms with E-state index in [1.807, 2.05) is 43.3 Å². The van der Waals surface area contributed by atoms with Gasteiger partial charge in [-0.3, -0.25) is 0 Å². The van der Waals surface area contributed by atoms with Crippen molar-refractivity contribution in [1.29, 1.82) is 0 Å². The summed E-state index contributed by atoms with van der Waals surface area (Å²) in [6, 6.07) is 16.1. The second-order valence-corrected chi connectivity index (χ2v) is 5.29. The van der Waals surface area contributed by atoms with E-state index in [1.54, 1.807) is 7.11 Å². The Morgan fingerprint density at radius 2 is 1.80 bits per heavy atom. The molecular weight excluding hydrogens is 248 g/mol. The van der Waals surface area contributed by atoms with Crippen molar-refractivity contribution < 1.29 is 9.84 Å². The van der Waals surface area contributed by atoms with Gasteiger partial charge in [-0.05, 0) is 48.1 Å². The zero-order valence-electron chi connectivity index (χ0n) is 12.3. The summed E-state index contributed by atoms with van der Waals surface area (Å²) < 4.78 is 5.20. The molecule has 0 heterocycles. The molecule has 1 N–H and O–H groups in total. The molecule has 0 saturated heterocycles.